The number of nitriles is 1. The lowest BCUT2D eigenvalue weighted by atomic mass is 10.0. The molecule has 2 aromatic rings. The fourth-order valence-electron chi connectivity index (χ4n) is 2.94. The standard InChI is InChI=1S/C17H18N4O2/c1-11-6-13(9-18)20-17(19-11)21-10-14(22)8-16(21)12-4-3-5-15(7-12)23-2/h3-7,14,16,22H,8,10H2,1-2H3/t14-,16+/m0/s1. The van der Waals surface area contributed by atoms with Gasteiger partial charge in [0.05, 0.1) is 19.3 Å². The number of rotatable bonds is 3. The van der Waals surface area contributed by atoms with Crippen molar-refractivity contribution in [3.63, 3.8) is 0 Å². The largest absolute Gasteiger partial charge is 0.497 e. The number of ether oxygens (including phenoxy) is 1. The minimum atomic E-state index is -0.458. The molecule has 1 saturated heterocycles. The summed E-state index contributed by atoms with van der Waals surface area (Å²) in [6.07, 6.45) is 0.132. The summed E-state index contributed by atoms with van der Waals surface area (Å²) >= 11 is 0. The monoisotopic (exact) mass is 310 g/mol. The first-order valence-corrected chi connectivity index (χ1v) is 7.45. The molecule has 0 bridgehead atoms. The van der Waals surface area contributed by atoms with Gasteiger partial charge < -0.3 is 14.7 Å². The van der Waals surface area contributed by atoms with E-state index in [2.05, 4.69) is 16.0 Å². The number of anilines is 1. The fraction of sp³-hybridized carbons (Fsp3) is 0.353. The van der Waals surface area contributed by atoms with Crippen molar-refractivity contribution in [2.45, 2.75) is 25.5 Å². The summed E-state index contributed by atoms with van der Waals surface area (Å²) in [5.41, 5.74) is 2.10. The molecule has 23 heavy (non-hydrogen) atoms. The van der Waals surface area contributed by atoms with E-state index in [9.17, 15) is 5.11 Å². The first-order valence-electron chi connectivity index (χ1n) is 7.45. The van der Waals surface area contributed by atoms with E-state index in [0.717, 1.165) is 17.0 Å². The average Bonchev–Trinajstić information content (AvgIpc) is 2.96. The van der Waals surface area contributed by atoms with E-state index < -0.39 is 6.10 Å². The first-order chi connectivity index (χ1) is 11.1. The van der Waals surface area contributed by atoms with Gasteiger partial charge >= 0.3 is 0 Å². The second kappa shape index (κ2) is 6.23. The van der Waals surface area contributed by atoms with E-state index in [1.54, 1.807) is 13.2 Å². The molecular weight excluding hydrogens is 292 g/mol. The highest BCUT2D eigenvalue weighted by Gasteiger charge is 2.34. The van der Waals surface area contributed by atoms with Gasteiger partial charge in [0.2, 0.25) is 5.95 Å². The number of nitrogens with zero attached hydrogens (tertiary/aromatic N) is 4. The molecule has 0 radical (unpaired) electrons. The van der Waals surface area contributed by atoms with Crippen molar-refractivity contribution in [1.29, 1.82) is 5.26 Å². The van der Waals surface area contributed by atoms with E-state index in [-0.39, 0.29) is 6.04 Å². The maximum atomic E-state index is 10.1. The molecular formula is C17H18N4O2. The number of benzene rings is 1. The van der Waals surface area contributed by atoms with Crippen molar-refractivity contribution in [3.05, 3.63) is 47.3 Å². The van der Waals surface area contributed by atoms with Crippen molar-refractivity contribution in [1.82, 2.24) is 9.97 Å². The number of aryl methyl sites for hydroxylation is 1. The predicted octanol–water partition coefficient (Wildman–Crippen LogP) is 1.98. The van der Waals surface area contributed by atoms with Crippen LogP contribution in [0, 0.1) is 18.3 Å². The van der Waals surface area contributed by atoms with Gasteiger partial charge in [0.25, 0.3) is 0 Å². The Kier molecular flexibility index (Phi) is 4.13. The number of aromatic nitrogens is 2. The minimum Gasteiger partial charge on any atom is -0.497 e. The van der Waals surface area contributed by atoms with Gasteiger partial charge in [0.1, 0.15) is 17.5 Å². The highest BCUT2D eigenvalue weighted by Crippen LogP contribution is 2.36. The van der Waals surface area contributed by atoms with Crippen LogP contribution in [0.1, 0.15) is 29.4 Å². The van der Waals surface area contributed by atoms with Crippen LogP contribution in [0.15, 0.2) is 30.3 Å². The number of hydrogen-bond acceptors (Lipinski definition) is 6. The Morgan fingerprint density at radius 1 is 1.35 bits per heavy atom. The third kappa shape index (κ3) is 3.10. The Labute approximate surface area is 135 Å². The van der Waals surface area contributed by atoms with E-state index in [0.29, 0.717) is 24.6 Å². The van der Waals surface area contributed by atoms with Crippen LogP contribution in [-0.2, 0) is 0 Å². The molecule has 1 aliphatic rings. The molecule has 1 aliphatic heterocycles. The molecule has 0 spiro atoms. The fourth-order valence-corrected chi connectivity index (χ4v) is 2.94. The Hall–Kier alpha value is -2.65. The van der Waals surface area contributed by atoms with E-state index in [4.69, 9.17) is 10.00 Å². The number of hydrogen-bond donors (Lipinski definition) is 1. The summed E-state index contributed by atoms with van der Waals surface area (Å²) < 4.78 is 5.28. The second-order valence-corrected chi connectivity index (χ2v) is 5.64. The molecule has 1 N–H and O–H groups in total. The van der Waals surface area contributed by atoms with Crippen LogP contribution < -0.4 is 9.64 Å². The molecule has 1 aromatic carbocycles. The van der Waals surface area contributed by atoms with Crippen LogP contribution in [0.4, 0.5) is 5.95 Å². The van der Waals surface area contributed by atoms with Crippen LogP contribution in [0.25, 0.3) is 0 Å². The molecule has 6 nitrogen and oxygen atoms in total. The summed E-state index contributed by atoms with van der Waals surface area (Å²) in [5, 5.41) is 19.2. The maximum absolute atomic E-state index is 10.1. The van der Waals surface area contributed by atoms with Gasteiger partial charge in [-0.2, -0.15) is 5.26 Å². The third-order valence-corrected chi connectivity index (χ3v) is 3.97. The SMILES string of the molecule is COc1cccc([C@H]2C[C@H](O)CN2c2nc(C)cc(C#N)n2)c1. The van der Waals surface area contributed by atoms with Crippen LogP contribution in [-0.4, -0.2) is 34.8 Å². The normalized spacial score (nSPS) is 20.3. The first kappa shape index (κ1) is 15.3. The maximum Gasteiger partial charge on any atom is 0.227 e. The Balaban J connectivity index is 2.00. The molecule has 2 atom stereocenters. The molecule has 1 fully saturated rings. The molecule has 6 heteroatoms. The lowest BCUT2D eigenvalue weighted by Crippen LogP contribution is -2.26. The van der Waals surface area contributed by atoms with Crippen molar-refractivity contribution < 1.29 is 9.84 Å². The summed E-state index contributed by atoms with van der Waals surface area (Å²) in [6.45, 7) is 2.27. The lowest BCUT2D eigenvalue weighted by Gasteiger charge is -2.25. The van der Waals surface area contributed by atoms with Crippen LogP contribution >= 0.6 is 0 Å². The quantitative estimate of drug-likeness (QED) is 0.933. The Morgan fingerprint density at radius 3 is 2.91 bits per heavy atom. The van der Waals surface area contributed by atoms with Gasteiger partial charge in [-0.3, -0.25) is 0 Å². The van der Waals surface area contributed by atoms with Crippen molar-refractivity contribution >= 4 is 5.95 Å². The Morgan fingerprint density at radius 2 is 2.17 bits per heavy atom. The zero-order chi connectivity index (χ0) is 16.4. The number of β-amino-alcohol motifs (C(OH)–C–C–N with tert-alkyl or cyclic N) is 1. The molecule has 2 heterocycles. The highest BCUT2D eigenvalue weighted by atomic mass is 16.5. The van der Waals surface area contributed by atoms with Gasteiger partial charge in [-0.05, 0) is 37.1 Å². The van der Waals surface area contributed by atoms with E-state index in [1.165, 1.54) is 0 Å². The molecule has 118 valence electrons. The van der Waals surface area contributed by atoms with E-state index >= 15 is 0 Å². The summed E-state index contributed by atoms with van der Waals surface area (Å²) in [7, 11) is 1.63. The Bertz CT molecular complexity index is 756. The molecule has 0 saturated carbocycles. The number of aliphatic hydroxyl groups excluding tert-OH is 1. The summed E-state index contributed by atoms with van der Waals surface area (Å²) in [4.78, 5) is 10.7. The van der Waals surface area contributed by atoms with E-state index in [1.807, 2.05) is 36.1 Å². The predicted molar refractivity (Wildman–Crippen MR) is 85.2 cm³/mol. The van der Waals surface area contributed by atoms with Crippen LogP contribution in [0.3, 0.4) is 0 Å². The molecule has 3 rings (SSSR count). The van der Waals surface area contributed by atoms with Crippen LogP contribution in [0.5, 0.6) is 5.75 Å². The third-order valence-electron chi connectivity index (χ3n) is 3.97. The lowest BCUT2D eigenvalue weighted by molar-refractivity contribution is 0.194. The van der Waals surface area contributed by atoms with Crippen molar-refractivity contribution in [2.75, 3.05) is 18.6 Å². The van der Waals surface area contributed by atoms with Gasteiger partial charge in [-0.1, -0.05) is 12.1 Å². The van der Waals surface area contributed by atoms with Gasteiger partial charge in [0, 0.05) is 12.2 Å². The summed E-state index contributed by atoms with van der Waals surface area (Å²) in [5.74, 6) is 1.25. The zero-order valence-electron chi connectivity index (χ0n) is 13.1. The van der Waals surface area contributed by atoms with Gasteiger partial charge in [-0.25, -0.2) is 9.97 Å². The molecule has 0 amide bonds. The zero-order valence-corrected chi connectivity index (χ0v) is 13.1. The highest BCUT2D eigenvalue weighted by molar-refractivity contribution is 5.43. The topological polar surface area (TPSA) is 82.3 Å². The second-order valence-electron chi connectivity index (χ2n) is 5.64. The molecule has 0 unspecified atom stereocenters. The van der Waals surface area contributed by atoms with Gasteiger partial charge in [-0.15, -0.1) is 0 Å². The van der Waals surface area contributed by atoms with Crippen molar-refractivity contribution in [2.24, 2.45) is 0 Å². The number of methoxy groups -OCH3 is 1. The molecule has 1 aromatic heterocycles. The van der Waals surface area contributed by atoms with Crippen LogP contribution in [0.2, 0.25) is 0 Å². The average molecular weight is 310 g/mol. The molecule has 0 aliphatic carbocycles. The van der Waals surface area contributed by atoms with Gasteiger partial charge in [0.15, 0.2) is 0 Å². The minimum absolute atomic E-state index is 0.0477. The summed E-state index contributed by atoms with van der Waals surface area (Å²) in [6, 6.07) is 11.4. The van der Waals surface area contributed by atoms with Crippen molar-refractivity contribution in [3.8, 4) is 11.8 Å². The smallest absolute Gasteiger partial charge is 0.227 e. The number of aliphatic hydroxyl groups is 1.